The first-order valence-electron chi connectivity index (χ1n) is 6.15. The molecule has 0 aliphatic heterocycles. The standard InChI is InChI=1S/C13H17FN4O/c1-8(2)6-16-12(19)7-18-11-5-9(14)3-4-10(11)17-13(18)15/h3-5,8H,6-7H2,1-2H3,(H2,15,17)(H,16,19). The largest absolute Gasteiger partial charge is 0.369 e. The third kappa shape index (κ3) is 3.01. The molecule has 1 amide bonds. The molecule has 0 fully saturated rings. The molecule has 1 aromatic heterocycles. The van der Waals surface area contributed by atoms with Gasteiger partial charge in [0, 0.05) is 6.54 Å². The number of nitrogens with two attached hydrogens (primary N) is 1. The number of rotatable bonds is 4. The Morgan fingerprint density at radius 3 is 2.95 bits per heavy atom. The molecule has 0 radical (unpaired) electrons. The Morgan fingerprint density at radius 2 is 2.26 bits per heavy atom. The summed E-state index contributed by atoms with van der Waals surface area (Å²) in [6.45, 7) is 4.66. The summed E-state index contributed by atoms with van der Waals surface area (Å²) in [7, 11) is 0. The van der Waals surface area contributed by atoms with Crippen molar-refractivity contribution in [2.45, 2.75) is 20.4 Å². The number of fused-ring (bicyclic) bond motifs is 1. The molecule has 2 aromatic rings. The molecule has 3 N–H and O–H groups in total. The highest BCUT2D eigenvalue weighted by molar-refractivity contribution is 5.82. The zero-order valence-electron chi connectivity index (χ0n) is 11.0. The number of aromatic nitrogens is 2. The zero-order chi connectivity index (χ0) is 14.0. The van der Waals surface area contributed by atoms with Gasteiger partial charge >= 0.3 is 0 Å². The second-order valence-corrected chi connectivity index (χ2v) is 4.89. The maximum atomic E-state index is 13.2. The first-order chi connectivity index (χ1) is 8.97. The van der Waals surface area contributed by atoms with Gasteiger partial charge in [0.15, 0.2) is 0 Å². The van der Waals surface area contributed by atoms with Gasteiger partial charge in [-0.3, -0.25) is 4.79 Å². The van der Waals surface area contributed by atoms with Crippen LogP contribution in [0.3, 0.4) is 0 Å². The molecule has 1 heterocycles. The number of benzene rings is 1. The lowest BCUT2D eigenvalue weighted by molar-refractivity contribution is -0.121. The predicted molar refractivity (Wildman–Crippen MR) is 72.0 cm³/mol. The molecule has 102 valence electrons. The van der Waals surface area contributed by atoms with Crippen LogP contribution in [0.2, 0.25) is 0 Å². The molecule has 5 nitrogen and oxygen atoms in total. The summed E-state index contributed by atoms with van der Waals surface area (Å²) in [5.41, 5.74) is 6.86. The highest BCUT2D eigenvalue weighted by Gasteiger charge is 2.12. The molecule has 0 saturated carbocycles. The van der Waals surface area contributed by atoms with Crippen molar-refractivity contribution in [3.63, 3.8) is 0 Å². The Balaban J connectivity index is 2.22. The van der Waals surface area contributed by atoms with Gasteiger partial charge in [-0.2, -0.15) is 0 Å². The van der Waals surface area contributed by atoms with Crippen molar-refractivity contribution in [3.05, 3.63) is 24.0 Å². The minimum absolute atomic E-state index is 0.0402. The van der Waals surface area contributed by atoms with Crippen molar-refractivity contribution in [1.82, 2.24) is 14.9 Å². The van der Waals surface area contributed by atoms with Crippen molar-refractivity contribution in [2.75, 3.05) is 12.3 Å². The van der Waals surface area contributed by atoms with E-state index in [1.807, 2.05) is 13.8 Å². The fraction of sp³-hybridized carbons (Fsp3) is 0.385. The van der Waals surface area contributed by atoms with Gasteiger partial charge in [0.1, 0.15) is 12.4 Å². The van der Waals surface area contributed by atoms with E-state index in [1.54, 1.807) is 6.07 Å². The van der Waals surface area contributed by atoms with Crippen LogP contribution >= 0.6 is 0 Å². The summed E-state index contributed by atoms with van der Waals surface area (Å²) in [5.74, 6) is 0.0405. The van der Waals surface area contributed by atoms with Gasteiger partial charge in [0.2, 0.25) is 11.9 Å². The lowest BCUT2D eigenvalue weighted by atomic mass is 10.2. The number of hydrogen-bond acceptors (Lipinski definition) is 3. The molecule has 0 aliphatic carbocycles. The van der Waals surface area contributed by atoms with Crippen LogP contribution in [0.4, 0.5) is 10.3 Å². The summed E-state index contributed by atoms with van der Waals surface area (Å²) in [6.07, 6.45) is 0. The first-order valence-corrected chi connectivity index (χ1v) is 6.15. The lowest BCUT2D eigenvalue weighted by Crippen LogP contribution is -2.30. The van der Waals surface area contributed by atoms with Gasteiger partial charge in [-0.05, 0) is 24.1 Å². The molecule has 0 saturated heterocycles. The Morgan fingerprint density at radius 1 is 1.53 bits per heavy atom. The number of imidazole rings is 1. The molecule has 1 aromatic carbocycles. The van der Waals surface area contributed by atoms with Gasteiger partial charge < -0.3 is 15.6 Å². The van der Waals surface area contributed by atoms with E-state index in [0.29, 0.717) is 23.5 Å². The smallest absolute Gasteiger partial charge is 0.240 e. The van der Waals surface area contributed by atoms with Crippen molar-refractivity contribution in [3.8, 4) is 0 Å². The van der Waals surface area contributed by atoms with Crippen LogP contribution in [0.1, 0.15) is 13.8 Å². The molecule has 2 rings (SSSR count). The van der Waals surface area contributed by atoms with E-state index in [0.717, 1.165) is 0 Å². The molecule has 0 atom stereocenters. The van der Waals surface area contributed by atoms with E-state index in [9.17, 15) is 9.18 Å². The second-order valence-electron chi connectivity index (χ2n) is 4.89. The van der Waals surface area contributed by atoms with Crippen LogP contribution in [0, 0.1) is 11.7 Å². The van der Waals surface area contributed by atoms with Gasteiger partial charge in [0.25, 0.3) is 0 Å². The van der Waals surface area contributed by atoms with E-state index in [4.69, 9.17) is 5.73 Å². The van der Waals surface area contributed by atoms with E-state index in [1.165, 1.54) is 16.7 Å². The highest BCUT2D eigenvalue weighted by Crippen LogP contribution is 2.18. The van der Waals surface area contributed by atoms with Crippen LogP contribution in [0.15, 0.2) is 18.2 Å². The highest BCUT2D eigenvalue weighted by atomic mass is 19.1. The lowest BCUT2D eigenvalue weighted by Gasteiger charge is -2.09. The second kappa shape index (κ2) is 5.26. The number of hydrogen-bond donors (Lipinski definition) is 2. The molecule has 0 aliphatic rings. The number of amides is 1. The van der Waals surface area contributed by atoms with Crippen LogP contribution in [-0.2, 0) is 11.3 Å². The Bertz CT molecular complexity index is 606. The molecular formula is C13H17FN4O. The fourth-order valence-electron chi connectivity index (χ4n) is 1.80. The van der Waals surface area contributed by atoms with Crippen molar-refractivity contribution in [1.29, 1.82) is 0 Å². The maximum Gasteiger partial charge on any atom is 0.240 e. The van der Waals surface area contributed by atoms with E-state index in [2.05, 4.69) is 10.3 Å². The van der Waals surface area contributed by atoms with E-state index < -0.39 is 0 Å². The van der Waals surface area contributed by atoms with Crippen LogP contribution in [0.5, 0.6) is 0 Å². The predicted octanol–water partition coefficient (Wildman–Crippen LogP) is 1.53. The topological polar surface area (TPSA) is 72.9 Å². The van der Waals surface area contributed by atoms with E-state index >= 15 is 0 Å². The third-order valence-corrected chi connectivity index (χ3v) is 2.75. The van der Waals surface area contributed by atoms with Crippen molar-refractivity contribution in [2.24, 2.45) is 5.92 Å². The van der Waals surface area contributed by atoms with E-state index in [-0.39, 0.29) is 24.2 Å². The molecule has 0 bridgehead atoms. The number of nitrogens with one attached hydrogen (secondary N) is 1. The Hall–Kier alpha value is -2.11. The van der Waals surface area contributed by atoms with Gasteiger partial charge in [-0.15, -0.1) is 0 Å². The summed E-state index contributed by atoms with van der Waals surface area (Å²) >= 11 is 0. The number of anilines is 1. The minimum Gasteiger partial charge on any atom is -0.369 e. The van der Waals surface area contributed by atoms with Gasteiger partial charge in [0.05, 0.1) is 11.0 Å². The number of nitrogens with zero attached hydrogens (tertiary/aromatic N) is 2. The SMILES string of the molecule is CC(C)CNC(=O)Cn1c(N)nc2ccc(F)cc21. The third-order valence-electron chi connectivity index (χ3n) is 2.75. The molecule has 0 spiro atoms. The normalized spacial score (nSPS) is 11.2. The molecule has 19 heavy (non-hydrogen) atoms. The van der Waals surface area contributed by atoms with Gasteiger partial charge in [-0.25, -0.2) is 9.37 Å². The fourth-order valence-corrected chi connectivity index (χ4v) is 1.80. The molecule has 6 heteroatoms. The maximum absolute atomic E-state index is 13.2. The molecule has 0 unspecified atom stereocenters. The minimum atomic E-state index is -0.378. The Labute approximate surface area is 110 Å². The zero-order valence-corrected chi connectivity index (χ0v) is 11.0. The summed E-state index contributed by atoms with van der Waals surface area (Å²) in [4.78, 5) is 15.9. The first kappa shape index (κ1) is 13.3. The van der Waals surface area contributed by atoms with Crippen LogP contribution < -0.4 is 11.1 Å². The van der Waals surface area contributed by atoms with Crippen molar-refractivity contribution >= 4 is 22.9 Å². The monoisotopic (exact) mass is 264 g/mol. The number of carbonyl (C=O) groups is 1. The van der Waals surface area contributed by atoms with Crippen LogP contribution in [-0.4, -0.2) is 22.0 Å². The summed E-state index contributed by atoms with van der Waals surface area (Å²) < 4.78 is 14.7. The quantitative estimate of drug-likeness (QED) is 0.879. The molecular weight excluding hydrogens is 247 g/mol. The number of nitrogen functional groups attached to an aromatic ring is 1. The summed E-state index contributed by atoms with van der Waals surface area (Å²) in [6, 6.07) is 4.19. The van der Waals surface area contributed by atoms with Crippen LogP contribution in [0.25, 0.3) is 11.0 Å². The average molecular weight is 264 g/mol. The van der Waals surface area contributed by atoms with Gasteiger partial charge in [-0.1, -0.05) is 13.8 Å². The summed E-state index contributed by atoms with van der Waals surface area (Å²) in [5, 5.41) is 2.79. The Kier molecular flexibility index (Phi) is 3.69. The number of halogens is 1. The number of carbonyl (C=O) groups excluding carboxylic acids is 1. The van der Waals surface area contributed by atoms with Crippen molar-refractivity contribution < 1.29 is 9.18 Å². The average Bonchev–Trinajstić information content (AvgIpc) is 2.63.